The van der Waals surface area contributed by atoms with E-state index in [9.17, 15) is 5.21 Å². The summed E-state index contributed by atoms with van der Waals surface area (Å²) in [5, 5.41) is 9.24. The molecule has 1 rings (SSSR count). The van der Waals surface area contributed by atoms with Crippen molar-refractivity contribution < 1.29 is 5.21 Å². The van der Waals surface area contributed by atoms with Gasteiger partial charge in [-0.2, -0.15) is 4.73 Å². The largest absolute Gasteiger partial charge is 0.427 e. The standard InChI is InChI=1S/C6H9NOS2/c1-3-5-4(2)10-6(9)7(5)8/h8H,3H2,1-2H3. The van der Waals surface area contributed by atoms with E-state index in [1.54, 1.807) is 0 Å². The summed E-state index contributed by atoms with van der Waals surface area (Å²) in [4.78, 5) is 1.11. The van der Waals surface area contributed by atoms with E-state index in [1.807, 2.05) is 13.8 Å². The number of aryl methyl sites for hydroxylation is 1. The Morgan fingerprint density at radius 1 is 1.70 bits per heavy atom. The molecule has 1 aromatic rings. The van der Waals surface area contributed by atoms with Crippen LogP contribution in [0.5, 0.6) is 0 Å². The van der Waals surface area contributed by atoms with Crippen molar-refractivity contribution >= 4 is 23.6 Å². The second-order valence-electron chi connectivity index (χ2n) is 2.04. The van der Waals surface area contributed by atoms with Crippen LogP contribution in [0.1, 0.15) is 17.5 Å². The van der Waals surface area contributed by atoms with Crippen molar-refractivity contribution in [2.45, 2.75) is 20.3 Å². The molecule has 0 aliphatic rings. The van der Waals surface area contributed by atoms with Crippen molar-refractivity contribution in [1.82, 2.24) is 4.73 Å². The van der Waals surface area contributed by atoms with Crippen molar-refractivity contribution in [2.24, 2.45) is 0 Å². The molecule has 0 spiro atoms. The summed E-state index contributed by atoms with van der Waals surface area (Å²) in [6.07, 6.45) is 0.829. The number of thiazole rings is 1. The maximum absolute atomic E-state index is 9.24. The van der Waals surface area contributed by atoms with Crippen LogP contribution in [0.3, 0.4) is 0 Å². The molecule has 0 aliphatic carbocycles. The molecule has 0 saturated heterocycles. The fraction of sp³-hybridized carbons (Fsp3) is 0.500. The summed E-state index contributed by atoms with van der Waals surface area (Å²) in [6, 6.07) is 0. The number of aromatic nitrogens is 1. The third kappa shape index (κ3) is 1.09. The highest BCUT2D eigenvalue weighted by Gasteiger charge is 2.04. The van der Waals surface area contributed by atoms with Gasteiger partial charge >= 0.3 is 0 Å². The Bertz CT molecular complexity index is 286. The molecule has 0 amide bonds. The van der Waals surface area contributed by atoms with Gasteiger partial charge in [0, 0.05) is 4.88 Å². The van der Waals surface area contributed by atoms with Gasteiger partial charge in [0.05, 0.1) is 5.69 Å². The fourth-order valence-corrected chi connectivity index (χ4v) is 2.18. The molecule has 0 aliphatic heterocycles. The topological polar surface area (TPSA) is 25.2 Å². The zero-order valence-electron chi connectivity index (χ0n) is 5.92. The summed E-state index contributed by atoms with van der Waals surface area (Å²) in [5.41, 5.74) is 0.926. The third-order valence-electron chi connectivity index (χ3n) is 1.41. The van der Waals surface area contributed by atoms with Crippen molar-refractivity contribution in [3.63, 3.8) is 0 Å². The van der Waals surface area contributed by atoms with E-state index in [1.165, 1.54) is 11.3 Å². The van der Waals surface area contributed by atoms with E-state index < -0.39 is 0 Å². The number of nitrogens with zero attached hydrogens (tertiary/aromatic N) is 1. The minimum Gasteiger partial charge on any atom is -0.427 e. The second kappa shape index (κ2) is 2.72. The van der Waals surface area contributed by atoms with Gasteiger partial charge in [0.15, 0.2) is 3.95 Å². The maximum Gasteiger partial charge on any atom is 0.196 e. The first-order chi connectivity index (χ1) is 4.66. The van der Waals surface area contributed by atoms with Gasteiger partial charge in [0.25, 0.3) is 0 Å². The summed E-state index contributed by atoms with van der Waals surface area (Å²) in [5.74, 6) is 0. The molecular formula is C6H9NOS2. The first kappa shape index (κ1) is 7.75. The van der Waals surface area contributed by atoms with Crippen LogP contribution in [0.15, 0.2) is 0 Å². The predicted octanol–water partition coefficient (Wildman–Crippen LogP) is 2.39. The Kier molecular flexibility index (Phi) is 2.11. The van der Waals surface area contributed by atoms with Crippen molar-refractivity contribution in [2.75, 3.05) is 0 Å². The lowest BCUT2D eigenvalue weighted by Crippen LogP contribution is -1.96. The van der Waals surface area contributed by atoms with Gasteiger partial charge in [0.2, 0.25) is 0 Å². The number of rotatable bonds is 1. The van der Waals surface area contributed by atoms with Gasteiger partial charge in [-0.25, -0.2) is 0 Å². The average Bonchev–Trinajstić information content (AvgIpc) is 2.09. The van der Waals surface area contributed by atoms with Gasteiger partial charge in [-0.15, -0.1) is 11.3 Å². The summed E-state index contributed by atoms with van der Waals surface area (Å²) in [7, 11) is 0. The molecule has 0 unspecified atom stereocenters. The summed E-state index contributed by atoms with van der Waals surface area (Å²) >= 11 is 6.31. The average molecular weight is 175 g/mol. The highest BCUT2D eigenvalue weighted by molar-refractivity contribution is 7.73. The Hall–Kier alpha value is -0.350. The summed E-state index contributed by atoms with van der Waals surface area (Å²) in [6.45, 7) is 3.96. The van der Waals surface area contributed by atoms with Crippen LogP contribution in [0.2, 0.25) is 0 Å². The molecule has 0 bridgehead atoms. The highest BCUT2D eigenvalue weighted by Crippen LogP contribution is 2.16. The van der Waals surface area contributed by atoms with E-state index in [2.05, 4.69) is 0 Å². The SMILES string of the molecule is CCc1c(C)sc(=S)n1O. The molecule has 0 fully saturated rings. The van der Waals surface area contributed by atoms with E-state index in [4.69, 9.17) is 12.2 Å². The lowest BCUT2D eigenvalue weighted by Gasteiger charge is -1.95. The highest BCUT2D eigenvalue weighted by atomic mass is 32.1. The van der Waals surface area contributed by atoms with Crippen molar-refractivity contribution in [3.05, 3.63) is 14.5 Å². The minimum atomic E-state index is 0.536. The molecule has 1 N–H and O–H groups in total. The molecule has 1 aromatic heterocycles. The number of hydrogen-bond acceptors (Lipinski definition) is 3. The Labute approximate surface area is 68.7 Å². The Morgan fingerprint density at radius 2 is 2.30 bits per heavy atom. The molecule has 56 valence electrons. The molecule has 0 saturated carbocycles. The van der Waals surface area contributed by atoms with Crippen LogP contribution in [-0.4, -0.2) is 9.94 Å². The van der Waals surface area contributed by atoms with Gasteiger partial charge in [-0.05, 0) is 25.6 Å². The molecule has 0 atom stereocenters. The first-order valence-corrected chi connectivity index (χ1v) is 4.29. The second-order valence-corrected chi connectivity index (χ2v) is 3.88. The molecule has 0 aromatic carbocycles. The summed E-state index contributed by atoms with van der Waals surface area (Å²) < 4.78 is 1.63. The van der Waals surface area contributed by atoms with Gasteiger partial charge in [-0.1, -0.05) is 6.92 Å². The maximum atomic E-state index is 9.24. The number of hydrogen-bond donors (Lipinski definition) is 1. The van der Waals surface area contributed by atoms with Crippen LogP contribution in [0, 0.1) is 10.9 Å². The molecule has 4 heteroatoms. The van der Waals surface area contributed by atoms with Crippen LogP contribution < -0.4 is 0 Å². The quantitative estimate of drug-likeness (QED) is 0.523. The normalized spacial score (nSPS) is 10.2. The molecular weight excluding hydrogens is 166 g/mol. The third-order valence-corrected chi connectivity index (χ3v) is 2.72. The van der Waals surface area contributed by atoms with E-state index in [0.717, 1.165) is 21.7 Å². The Balaban J connectivity index is 3.34. The Morgan fingerprint density at radius 3 is 2.50 bits per heavy atom. The molecule has 0 radical (unpaired) electrons. The van der Waals surface area contributed by atoms with Crippen LogP contribution in [0.4, 0.5) is 0 Å². The smallest absolute Gasteiger partial charge is 0.196 e. The van der Waals surface area contributed by atoms with Crippen molar-refractivity contribution in [1.29, 1.82) is 0 Å². The van der Waals surface area contributed by atoms with E-state index >= 15 is 0 Å². The monoisotopic (exact) mass is 175 g/mol. The predicted molar refractivity (Wildman–Crippen MR) is 44.4 cm³/mol. The van der Waals surface area contributed by atoms with E-state index in [-0.39, 0.29) is 0 Å². The van der Waals surface area contributed by atoms with Gasteiger partial charge in [-0.3, -0.25) is 0 Å². The van der Waals surface area contributed by atoms with Gasteiger partial charge in [0.1, 0.15) is 0 Å². The molecule has 2 nitrogen and oxygen atoms in total. The van der Waals surface area contributed by atoms with Crippen molar-refractivity contribution in [3.8, 4) is 0 Å². The lowest BCUT2D eigenvalue weighted by molar-refractivity contribution is 0.176. The molecule has 10 heavy (non-hydrogen) atoms. The molecule has 1 heterocycles. The first-order valence-electron chi connectivity index (χ1n) is 3.07. The minimum absolute atomic E-state index is 0.536. The fourth-order valence-electron chi connectivity index (χ4n) is 0.891. The van der Waals surface area contributed by atoms with Crippen LogP contribution in [0.25, 0.3) is 0 Å². The zero-order valence-corrected chi connectivity index (χ0v) is 7.55. The van der Waals surface area contributed by atoms with Crippen LogP contribution in [-0.2, 0) is 6.42 Å². The zero-order chi connectivity index (χ0) is 7.72. The van der Waals surface area contributed by atoms with Gasteiger partial charge < -0.3 is 5.21 Å². The lowest BCUT2D eigenvalue weighted by atomic mass is 10.3. The van der Waals surface area contributed by atoms with E-state index in [0.29, 0.717) is 3.95 Å². The van der Waals surface area contributed by atoms with Crippen LogP contribution >= 0.6 is 23.6 Å².